The van der Waals surface area contributed by atoms with Crippen LogP contribution >= 0.6 is 11.3 Å². The first-order valence-corrected chi connectivity index (χ1v) is 5.21. The molecule has 1 aromatic rings. The highest BCUT2D eigenvalue weighted by molar-refractivity contribution is 7.10. The lowest BCUT2D eigenvalue weighted by Gasteiger charge is -2.04. The highest BCUT2D eigenvalue weighted by Gasteiger charge is 2.15. The highest BCUT2D eigenvalue weighted by Crippen LogP contribution is 2.30. The largest absolute Gasteiger partial charge is 0.149 e. The van der Waals surface area contributed by atoms with Crippen LogP contribution in [0.1, 0.15) is 30.6 Å². The van der Waals surface area contributed by atoms with E-state index in [1.165, 1.54) is 30.6 Å². The lowest BCUT2D eigenvalue weighted by molar-refractivity contribution is 0.649. The molecule has 0 atom stereocenters. The van der Waals surface area contributed by atoms with Gasteiger partial charge in [0.1, 0.15) is 0 Å². The van der Waals surface area contributed by atoms with Gasteiger partial charge in [-0.3, -0.25) is 0 Å². The summed E-state index contributed by atoms with van der Waals surface area (Å²) in [4.78, 5) is 1.46. The third-order valence-electron chi connectivity index (χ3n) is 2.34. The van der Waals surface area contributed by atoms with Gasteiger partial charge in [0, 0.05) is 11.3 Å². The van der Waals surface area contributed by atoms with E-state index in [4.69, 9.17) is 0 Å². The Balaban J connectivity index is 1.90. The van der Waals surface area contributed by atoms with Crippen LogP contribution in [0.4, 0.5) is 0 Å². The molecule has 0 N–H and O–H groups in total. The van der Waals surface area contributed by atoms with Crippen LogP contribution in [0.25, 0.3) is 0 Å². The van der Waals surface area contributed by atoms with Crippen LogP contribution in [-0.2, 0) is 0 Å². The highest BCUT2D eigenvalue weighted by atomic mass is 32.1. The SMILES string of the molecule is [CH](c1cccs1)C1CCCC1. The summed E-state index contributed by atoms with van der Waals surface area (Å²) in [6, 6.07) is 4.34. The van der Waals surface area contributed by atoms with Crippen molar-refractivity contribution in [3.05, 3.63) is 28.8 Å². The maximum absolute atomic E-state index is 2.44. The number of hydrogen-bond donors (Lipinski definition) is 0. The summed E-state index contributed by atoms with van der Waals surface area (Å²) >= 11 is 1.85. The van der Waals surface area contributed by atoms with Crippen molar-refractivity contribution in [3.8, 4) is 0 Å². The predicted octanol–water partition coefficient (Wildman–Crippen LogP) is 3.49. The average molecular weight is 165 g/mol. The molecule has 1 saturated carbocycles. The van der Waals surface area contributed by atoms with Gasteiger partial charge >= 0.3 is 0 Å². The monoisotopic (exact) mass is 165 g/mol. The molecule has 2 rings (SSSR count). The fourth-order valence-corrected chi connectivity index (χ4v) is 2.48. The molecule has 0 nitrogen and oxygen atoms in total. The van der Waals surface area contributed by atoms with E-state index >= 15 is 0 Å². The van der Waals surface area contributed by atoms with Gasteiger partial charge in [-0.25, -0.2) is 0 Å². The molecule has 1 aliphatic rings. The van der Waals surface area contributed by atoms with Gasteiger partial charge in [0.05, 0.1) is 0 Å². The van der Waals surface area contributed by atoms with Gasteiger partial charge in [-0.1, -0.05) is 18.9 Å². The summed E-state index contributed by atoms with van der Waals surface area (Å²) < 4.78 is 0. The molecule has 1 radical (unpaired) electrons. The van der Waals surface area contributed by atoms with Crippen molar-refractivity contribution in [2.45, 2.75) is 25.7 Å². The standard InChI is InChI=1S/C10H13S/c1-2-5-9(4-1)8-10-6-3-7-11-10/h3,6-9H,1-2,4-5H2. The summed E-state index contributed by atoms with van der Waals surface area (Å²) in [6.45, 7) is 0. The van der Waals surface area contributed by atoms with E-state index < -0.39 is 0 Å². The lowest BCUT2D eigenvalue weighted by atomic mass is 10.0. The van der Waals surface area contributed by atoms with Crippen LogP contribution < -0.4 is 0 Å². The summed E-state index contributed by atoms with van der Waals surface area (Å²) in [5.74, 6) is 0.883. The normalized spacial score (nSPS) is 19.3. The van der Waals surface area contributed by atoms with Crippen LogP contribution in [0.3, 0.4) is 0 Å². The Bertz CT molecular complexity index is 195. The van der Waals surface area contributed by atoms with Crippen molar-refractivity contribution in [1.29, 1.82) is 0 Å². The van der Waals surface area contributed by atoms with E-state index in [1.807, 2.05) is 11.3 Å². The van der Waals surface area contributed by atoms with Gasteiger partial charge in [0.15, 0.2) is 0 Å². The van der Waals surface area contributed by atoms with Crippen molar-refractivity contribution in [1.82, 2.24) is 0 Å². The molecule has 0 amide bonds. The van der Waals surface area contributed by atoms with E-state index in [0.717, 1.165) is 5.92 Å². The smallest absolute Gasteiger partial charge is 0.00854 e. The second kappa shape index (κ2) is 3.40. The summed E-state index contributed by atoms with van der Waals surface area (Å²) in [5, 5.41) is 2.15. The first-order valence-electron chi connectivity index (χ1n) is 4.33. The van der Waals surface area contributed by atoms with E-state index in [9.17, 15) is 0 Å². The predicted molar refractivity (Wildman–Crippen MR) is 49.7 cm³/mol. The maximum atomic E-state index is 2.44. The second-order valence-corrected chi connectivity index (χ2v) is 4.21. The van der Waals surface area contributed by atoms with Crippen molar-refractivity contribution in [2.75, 3.05) is 0 Å². The molecular formula is C10H13S. The van der Waals surface area contributed by atoms with Crippen molar-refractivity contribution in [2.24, 2.45) is 5.92 Å². The third-order valence-corrected chi connectivity index (χ3v) is 3.18. The molecular weight excluding hydrogens is 152 g/mol. The molecule has 0 unspecified atom stereocenters. The molecule has 59 valence electrons. The summed E-state index contributed by atoms with van der Waals surface area (Å²) in [5.41, 5.74) is 0. The van der Waals surface area contributed by atoms with E-state index in [2.05, 4.69) is 23.9 Å². The third kappa shape index (κ3) is 1.84. The van der Waals surface area contributed by atoms with E-state index in [1.54, 1.807) is 0 Å². The average Bonchev–Trinajstić information content (AvgIpc) is 2.60. The molecule has 1 aliphatic carbocycles. The quantitative estimate of drug-likeness (QED) is 0.629. The molecule has 11 heavy (non-hydrogen) atoms. The van der Waals surface area contributed by atoms with Gasteiger partial charge in [-0.2, -0.15) is 0 Å². The van der Waals surface area contributed by atoms with Crippen LogP contribution in [-0.4, -0.2) is 0 Å². The maximum Gasteiger partial charge on any atom is 0.00854 e. The zero-order valence-corrected chi connectivity index (χ0v) is 7.44. The fourth-order valence-electron chi connectivity index (χ4n) is 1.74. The zero-order valence-electron chi connectivity index (χ0n) is 6.62. The molecule has 1 heterocycles. The molecule has 1 aromatic heterocycles. The van der Waals surface area contributed by atoms with Gasteiger partial charge in [0.25, 0.3) is 0 Å². The van der Waals surface area contributed by atoms with Crippen LogP contribution in [0.15, 0.2) is 17.5 Å². The lowest BCUT2D eigenvalue weighted by Crippen LogP contribution is -1.92. The Morgan fingerprint density at radius 3 is 2.82 bits per heavy atom. The number of rotatable bonds is 2. The van der Waals surface area contributed by atoms with Gasteiger partial charge < -0.3 is 0 Å². The first-order chi connectivity index (χ1) is 5.45. The topological polar surface area (TPSA) is 0 Å². The Hall–Kier alpha value is -0.300. The van der Waals surface area contributed by atoms with E-state index in [-0.39, 0.29) is 0 Å². The summed E-state index contributed by atoms with van der Waals surface area (Å²) in [6.07, 6.45) is 8.15. The first kappa shape index (κ1) is 7.35. The second-order valence-electron chi connectivity index (χ2n) is 3.23. The molecule has 0 spiro atoms. The number of thiophene rings is 1. The Kier molecular flexibility index (Phi) is 2.27. The van der Waals surface area contributed by atoms with Crippen LogP contribution in [0.2, 0.25) is 0 Å². The molecule has 0 aromatic carbocycles. The van der Waals surface area contributed by atoms with Gasteiger partial charge in [0.2, 0.25) is 0 Å². The van der Waals surface area contributed by atoms with Crippen molar-refractivity contribution >= 4 is 11.3 Å². The minimum absolute atomic E-state index is 0.883. The Labute approximate surface area is 72.3 Å². The van der Waals surface area contributed by atoms with Gasteiger partial charge in [-0.05, 0) is 30.2 Å². The van der Waals surface area contributed by atoms with Crippen molar-refractivity contribution in [3.63, 3.8) is 0 Å². The van der Waals surface area contributed by atoms with E-state index in [0.29, 0.717) is 0 Å². The van der Waals surface area contributed by atoms with Crippen LogP contribution in [0, 0.1) is 12.3 Å². The fraction of sp³-hybridized carbons (Fsp3) is 0.500. The van der Waals surface area contributed by atoms with Gasteiger partial charge in [-0.15, -0.1) is 11.3 Å². The molecule has 0 saturated heterocycles. The molecule has 0 bridgehead atoms. The molecule has 0 aliphatic heterocycles. The van der Waals surface area contributed by atoms with Crippen LogP contribution in [0.5, 0.6) is 0 Å². The summed E-state index contributed by atoms with van der Waals surface area (Å²) in [7, 11) is 0. The Morgan fingerprint density at radius 2 is 2.18 bits per heavy atom. The number of hydrogen-bond acceptors (Lipinski definition) is 1. The molecule has 1 heteroatoms. The minimum atomic E-state index is 0.883. The van der Waals surface area contributed by atoms with Crippen molar-refractivity contribution < 1.29 is 0 Å². The minimum Gasteiger partial charge on any atom is -0.149 e. The Morgan fingerprint density at radius 1 is 1.36 bits per heavy atom. The zero-order chi connectivity index (χ0) is 7.52. The molecule has 1 fully saturated rings.